The topological polar surface area (TPSA) is 37.4 Å². The van der Waals surface area contributed by atoms with Crippen molar-refractivity contribution in [1.29, 1.82) is 0 Å². The Bertz CT molecular complexity index is 1190. The molecule has 0 aromatic heterocycles. The number of anilines is 1. The molecule has 33 heavy (non-hydrogen) atoms. The van der Waals surface area contributed by atoms with E-state index in [4.69, 9.17) is 0 Å². The van der Waals surface area contributed by atoms with Crippen molar-refractivity contribution in [2.24, 2.45) is 0 Å². The number of thioether (sulfide) groups is 1. The van der Waals surface area contributed by atoms with E-state index in [1.807, 2.05) is 46.8 Å². The Kier molecular flexibility index (Phi) is 5.55. The lowest BCUT2D eigenvalue weighted by molar-refractivity contribution is -0.137. The van der Waals surface area contributed by atoms with E-state index >= 15 is 0 Å². The fourth-order valence-electron chi connectivity index (χ4n) is 4.65. The number of aryl methyl sites for hydroxylation is 1. The van der Waals surface area contributed by atoms with Crippen molar-refractivity contribution in [1.82, 2.24) is 0 Å². The summed E-state index contributed by atoms with van der Waals surface area (Å²) in [6.07, 6.45) is -1.63. The second-order valence-electron chi connectivity index (χ2n) is 10.1. The quantitative estimate of drug-likeness (QED) is 0.421. The van der Waals surface area contributed by atoms with Crippen molar-refractivity contribution >= 4 is 33.9 Å². The molecule has 1 heterocycles. The van der Waals surface area contributed by atoms with E-state index in [9.17, 15) is 22.8 Å². The molecule has 1 aliphatic heterocycles. The number of halogens is 3. The first-order valence-electron chi connectivity index (χ1n) is 10.8. The second kappa shape index (κ2) is 7.76. The second-order valence-corrected chi connectivity index (χ2v) is 11.0. The first kappa shape index (κ1) is 23.6. The normalized spacial score (nSPS) is 21.0. The van der Waals surface area contributed by atoms with Crippen LogP contribution in [0.4, 0.5) is 23.7 Å². The fourth-order valence-corrected chi connectivity index (χ4v) is 5.35. The van der Waals surface area contributed by atoms with Crippen LogP contribution in [-0.4, -0.2) is 10.4 Å². The Morgan fingerprint density at radius 2 is 1.58 bits per heavy atom. The minimum absolute atomic E-state index is 0.0612. The Morgan fingerprint density at radius 3 is 2.15 bits per heavy atom. The number of alkyl halides is 3. The van der Waals surface area contributed by atoms with Crippen LogP contribution in [0.3, 0.4) is 0 Å². The molecule has 2 aromatic rings. The average Bonchev–Trinajstić information content (AvgIpc) is 2.97. The third kappa shape index (κ3) is 4.23. The zero-order valence-corrected chi connectivity index (χ0v) is 20.1. The number of benzene rings is 2. The molecule has 0 atom stereocenters. The molecule has 0 radical (unpaired) electrons. The molecule has 1 amide bonds. The lowest BCUT2D eigenvalue weighted by atomic mass is 9.62. The first-order chi connectivity index (χ1) is 15.2. The molecule has 0 saturated carbocycles. The van der Waals surface area contributed by atoms with Crippen LogP contribution in [-0.2, 0) is 21.8 Å². The lowest BCUT2D eigenvalue weighted by Crippen LogP contribution is -2.35. The van der Waals surface area contributed by atoms with Crippen molar-refractivity contribution in [2.75, 3.05) is 4.90 Å². The van der Waals surface area contributed by atoms with E-state index in [2.05, 4.69) is 0 Å². The molecule has 4 rings (SSSR count). The maximum absolute atomic E-state index is 14.3. The van der Waals surface area contributed by atoms with E-state index in [1.54, 1.807) is 12.1 Å². The van der Waals surface area contributed by atoms with Crippen LogP contribution in [0.1, 0.15) is 68.4 Å². The number of carbonyl (C=O) groups is 2. The lowest BCUT2D eigenvalue weighted by Gasteiger charge is -2.43. The van der Waals surface area contributed by atoms with Gasteiger partial charge in [0.1, 0.15) is 5.70 Å². The van der Waals surface area contributed by atoms with Gasteiger partial charge in [0.25, 0.3) is 5.24 Å². The molecule has 0 N–H and O–H groups in total. The third-order valence-corrected chi connectivity index (χ3v) is 7.43. The molecule has 1 fully saturated rings. The van der Waals surface area contributed by atoms with Gasteiger partial charge in [-0.3, -0.25) is 14.5 Å². The highest BCUT2D eigenvalue weighted by atomic mass is 32.2. The zero-order valence-electron chi connectivity index (χ0n) is 19.3. The summed E-state index contributed by atoms with van der Waals surface area (Å²) < 4.78 is 42.9. The van der Waals surface area contributed by atoms with Gasteiger partial charge in [-0.1, -0.05) is 57.5 Å². The van der Waals surface area contributed by atoms with Gasteiger partial charge in [-0.05, 0) is 65.5 Å². The summed E-state index contributed by atoms with van der Waals surface area (Å²) in [7, 11) is 0. The van der Waals surface area contributed by atoms with E-state index in [-0.39, 0.29) is 16.8 Å². The van der Waals surface area contributed by atoms with Crippen molar-refractivity contribution in [3.63, 3.8) is 0 Å². The highest BCUT2D eigenvalue weighted by Crippen LogP contribution is 2.51. The van der Waals surface area contributed by atoms with Crippen LogP contribution < -0.4 is 4.90 Å². The SMILES string of the molecule is Cc1cccc(C=C2C(=O)SC(=O)N2c2cc3c(cc2C(F)(F)F)C(C)(C)CCC3(C)C)c1. The minimum Gasteiger partial charge on any atom is -0.279 e. The summed E-state index contributed by atoms with van der Waals surface area (Å²) >= 11 is 0.424. The molecule has 0 bridgehead atoms. The van der Waals surface area contributed by atoms with Gasteiger partial charge in [0.15, 0.2) is 0 Å². The largest absolute Gasteiger partial charge is 0.418 e. The molecule has 3 nitrogen and oxygen atoms in total. The van der Waals surface area contributed by atoms with Crippen molar-refractivity contribution in [3.8, 4) is 0 Å². The molecule has 0 unspecified atom stereocenters. The maximum Gasteiger partial charge on any atom is 0.418 e. The van der Waals surface area contributed by atoms with Gasteiger partial charge in [-0.25, -0.2) is 0 Å². The minimum atomic E-state index is -4.69. The molecule has 1 saturated heterocycles. The Balaban J connectivity index is 1.98. The predicted molar refractivity (Wildman–Crippen MR) is 126 cm³/mol. The summed E-state index contributed by atoms with van der Waals surface area (Å²) in [5.74, 6) is 0. The van der Waals surface area contributed by atoms with Crippen molar-refractivity contribution < 1.29 is 22.8 Å². The standard InChI is InChI=1S/C26H26F3NO2S/c1-15-7-6-8-16(11-15)12-21-22(31)33-23(32)30(21)20-14-18-17(13-19(20)26(27,28)29)24(2,3)9-10-25(18,4)5/h6-8,11-14H,9-10H2,1-5H3. The summed E-state index contributed by atoms with van der Waals surface area (Å²) in [4.78, 5) is 26.5. The van der Waals surface area contributed by atoms with Crippen LogP contribution in [0.25, 0.3) is 6.08 Å². The Morgan fingerprint density at radius 1 is 0.970 bits per heavy atom. The molecular formula is C26H26F3NO2S. The van der Waals surface area contributed by atoms with Gasteiger partial charge < -0.3 is 0 Å². The van der Waals surface area contributed by atoms with Crippen molar-refractivity contribution in [2.45, 2.75) is 64.5 Å². The maximum atomic E-state index is 14.3. The molecule has 2 aliphatic rings. The highest BCUT2D eigenvalue weighted by Gasteiger charge is 2.46. The number of fused-ring (bicyclic) bond motifs is 1. The molecule has 174 valence electrons. The van der Waals surface area contributed by atoms with Crippen LogP contribution in [0.2, 0.25) is 0 Å². The summed E-state index contributed by atoms with van der Waals surface area (Å²) in [6, 6.07) is 9.92. The number of hydrogen-bond acceptors (Lipinski definition) is 3. The number of amides is 1. The molecule has 0 spiro atoms. The summed E-state index contributed by atoms with van der Waals surface area (Å²) in [6.45, 7) is 9.79. The fraction of sp³-hybridized carbons (Fsp3) is 0.385. The van der Waals surface area contributed by atoms with Gasteiger partial charge >= 0.3 is 6.18 Å². The zero-order chi connectivity index (χ0) is 24.3. The van der Waals surface area contributed by atoms with E-state index < -0.39 is 27.5 Å². The number of nitrogens with zero attached hydrogens (tertiary/aromatic N) is 1. The smallest absolute Gasteiger partial charge is 0.279 e. The van der Waals surface area contributed by atoms with E-state index in [1.165, 1.54) is 18.2 Å². The Labute approximate surface area is 196 Å². The summed E-state index contributed by atoms with van der Waals surface area (Å²) in [5.41, 5.74) is 0.987. The van der Waals surface area contributed by atoms with Crippen LogP contribution in [0.5, 0.6) is 0 Å². The van der Waals surface area contributed by atoms with Gasteiger partial charge in [-0.2, -0.15) is 13.2 Å². The Hall–Kier alpha value is -2.54. The van der Waals surface area contributed by atoms with E-state index in [0.29, 0.717) is 22.9 Å². The monoisotopic (exact) mass is 473 g/mol. The van der Waals surface area contributed by atoms with Crippen molar-refractivity contribution in [3.05, 3.63) is 69.9 Å². The van der Waals surface area contributed by atoms with Gasteiger partial charge in [0, 0.05) is 11.8 Å². The third-order valence-electron chi connectivity index (χ3n) is 6.67. The summed E-state index contributed by atoms with van der Waals surface area (Å²) in [5, 5.41) is -1.29. The molecule has 2 aromatic carbocycles. The average molecular weight is 474 g/mol. The first-order valence-corrected chi connectivity index (χ1v) is 11.6. The van der Waals surface area contributed by atoms with Gasteiger partial charge in [-0.15, -0.1) is 0 Å². The predicted octanol–water partition coefficient (Wildman–Crippen LogP) is 7.60. The van der Waals surface area contributed by atoms with Crippen LogP contribution in [0.15, 0.2) is 42.1 Å². The van der Waals surface area contributed by atoms with Gasteiger partial charge in [0.2, 0.25) is 5.12 Å². The van der Waals surface area contributed by atoms with Crippen LogP contribution >= 0.6 is 11.8 Å². The molecule has 1 aliphatic carbocycles. The molecular weight excluding hydrogens is 447 g/mol. The molecule has 7 heteroatoms. The van der Waals surface area contributed by atoms with E-state index in [0.717, 1.165) is 28.9 Å². The number of carbonyl (C=O) groups excluding carboxylic acids is 2. The van der Waals surface area contributed by atoms with Crippen LogP contribution in [0, 0.1) is 6.92 Å². The van der Waals surface area contributed by atoms with Gasteiger partial charge in [0.05, 0.1) is 11.3 Å². The highest BCUT2D eigenvalue weighted by molar-refractivity contribution is 8.27. The number of hydrogen-bond donors (Lipinski definition) is 0. The number of rotatable bonds is 2.